The van der Waals surface area contributed by atoms with Crippen LogP contribution in [0, 0.1) is 6.92 Å². The molecule has 0 unspecified atom stereocenters. The van der Waals surface area contributed by atoms with E-state index in [2.05, 4.69) is 20.0 Å². The molecule has 7 nitrogen and oxygen atoms in total. The number of aryl methyl sites for hydroxylation is 2. The van der Waals surface area contributed by atoms with Gasteiger partial charge in [-0.1, -0.05) is 12.1 Å². The standard InChI is InChI=1S/C20H21N7/c1-14-17-19(26(2)13-10-15-8-4-6-11-21-15)23-18(16-9-5-7-12-22-16)24-20(17)27(3)25-14/h4-9,11-12H,10,13H2,1-3H3. The van der Waals surface area contributed by atoms with Gasteiger partial charge in [-0.05, 0) is 31.2 Å². The van der Waals surface area contributed by atoms with Crippen molar-refractivity contribution in [3.63, 3.8) is 0 Å². The van der Waals surface area contributed by atoms with Gasteiger partial charge < -0.3 is 4.90 Å². The molecular formula is C20H21N7. The summed E-state index contributed by atoms with van der Waals surface area (Å²) < 4.78 is 1.80. The minimum Gasteiger partial charge on any atom is -0.359 e. The number of likely N-dealkylation sites (N-methyl/N-ethyl adjacent to an activating group) is 1. The van der Waals surface area contributed by atoms with E-state index in [9.17, 15) is 0 Å². The number of hydrogen-bond donors (Lipinski definition) is 0. The fourth-order valence-electron chi connectivity index (χ4n) is 3.14. The van der Waals surface area contributed by atoms with Crippen molar-refractivity contribution in [2.24, 2.45) is 7.05 Å². The number of nitrogens with zero attached hydrogens (tertiary/aromatic N) is 7. The van der Waals surface area contributed by atoms with E-state index in [4.69, 9.17) is 9.97 Å². The van der Waals surface area contributed by atoms with Gasteiger partial charge in [0.05, 0.1) is 11.1 Å². The minimum atomic E-state index is 0.603. The van der Waals surface area contributed by atoms with Crippen LogP contribution in [0.4, 0.5) is 5.82 Å². The molecule has 4 heterocycles. The van der Waals surface area contributed by atoms with Crippen LogP contribution in [0.25, 0.3) is 22.6 Å². The van der Waals surface area contributed by atoms with Gasteiger partial charge in [0.2, 0.25) is 0 Å². The van der Waals surface area contributed by atoms with Crippen molar-refractivity contribution in [3.8, 4) is 11.5 Å². The molecule has 0 saturated carbocycles. The summed E-state index contributed by atoms with van der Waals surface area (Å²) in [6.07, 6.45) is 4.41. The van der Waals surface area contributed by atoms with Crippen LogP contribution in [-0.4, -0.2) is 43.3 Å². The van der Waals surface area contributed by atoms with Crippen LogP contribution in [-0.2, 0) is 13.5 Å². The SMILES string of the molecule is Cc1nn(C)c2nc(-c3ccccn3)nc(N(C)CCc3ccccn3)c12. The molecule has 0 N–H and O–H groups in total. The summed E-state index contributed by atoms with van der Waals surface area (Å²) in [5, 5.41) is 5.51. The van der Waals surface area contributed by atoms with Gasteiger partial charge in [0.1, 0.15) is 11.5 Å². The first-order chi connectivity index (χ1) is 13.1. The lowest BCUT2D eigenvalue weighted by atomic mass is 10.2. The van der Waals surface area contributed by atoms with Crippen LogP contribution in [0.15, 0.2) is 48.8 Å². The number of aromatic nitrogens is 6. The molecule has 4 aromatic rings. The first-order valence-corrected chi connectivity index (χ1v) is 8.87. The average Bonchev–Trinajstić information content (AvgIpc) is 3.00. The highest BCUT2D eigenvalue weighted by molar-refractivity contribution is 5.91. The van der Waals surface area contributed by atoms with Crippen molar-refractivity contribution >= 4 is 16.9 Å². The Labute approximate surface area is 157 Å². The molecule has 7 heteroatoms. The normalized spacial score (nSPS) is 11.1. The highest BCUT2D eigenvalue weighted by Crippen LogP contribution is 2.28. The Kier molecular flexibility index (Phi) is 4.50. The highest BCUT2D eigenvalue weighted by atomic mass is 15.3. The van der Waals surface area contributed by atoms with Crippen LogP contribution < -0.4 is 4.90 Å². The van der Waals surface area contributed by atoms with Crippen molar-refractivity contribution in [2.75, 3.05) is 18.5 Å². The van der Waals surface area contributed by atoms with Crippen molar-refractivity contribution in [1.29, 1.82) is 0 Å². The van der Waals surface area contributed by atoms with Gasteiger partial charge >= 0.3 is 0 Å². The topological polar surface area (TPSA) is 72.6 Å². The molecule has 136 valence electrons. The molecule has 0 bridgehead atoms. The zero-order chi connectivity index (χ0) is 18.8. The second-order valence-corrected chi connectivity index (χ2v) is 6.49. The lowest BCUT2D eigenvalue weighted by Gasteiger charge is -2.19. The van der Waals surface area contributed by atoms with E-state index in [1.807, 2.05) is 63.6 Å². The Morgan fingerprint density at radius 1 is 1.00 bits per heavy atom. The van der Waals surface area contributed by atoms with Gasteiger partial charge in [-0.3, -0.25) is 14.6 Å². The maximum absolute atomic E-state index is 4.84. The second kappa shape index (κ2) is 7.11. The lowest BCUT2D eigenvalue weighted by molar-refractivity contribution is 0.773. The summed E-state index contributed by atoms with van der Waals surface area (Å²) in [4.78, 5) is 20.5. The number of rotatable bonds is 5. The number of hydrogen-bond acceptors (Lipinski definition) is 6. The average molecular weight is 359 g/mol. The molecule has 27 heavy (non-hydrogen) atoms. The largest absolute Gasteiger partial charge is 0.359 e. The Balaban J connectivity index is 1.75. The van der Waals surface area contributed by atoms with Crippen LogP contribution in [0.2, 0.25) is 0 Å². The molecule has 0 aliphatic carbocycles. The molecule has 4 rings (SSSR count). The third-order valence-corrected chi connectivity index (χ3v) is 4.52. The Bertz CT molecular complexity index is 1060. The number of anilines is 1. The van der Waals surface area contributed by atoms with E-state index in [-0.39, 0.29) is 0 Å². The Morgan fingerprint density at radius 2 is 1.78 bits per heavy atom. The maximum Gasteiger partial charge on any atom is 0.182 e. The minimum absolute atomic E-state index is 0.603. The van der Waals surface area contributed by atoms with Gasteiger partial charge in [-0.25, -0.2) is 9.97 Å². The molecule has 0 amide bonds. The van der Waals surface area contributed by atoms with Crippen molar-refractivity contribution < 1.29 is 0 Å². The molecule has 0 atom stereocenters. The van der Waals surface area contributed by atoms with Crippen molar-refractivity contribution in [1.82, 2.24) is 29.7 Å². The van der Waals surface area contributed by atoms with Gasteiger partial charge in [-0.2, -0.15) is 5.10 Å². The van der Waals surface area contributed by atoms with Gasteiger partial charge in [0, 0.05) is 45.1 Å². The van der Waals surface area contributed by atoms with E-state index in [1.54, 1.807) is 10.9 Å². The third-order valence-electron chi connectivity index (χ3n) is 4.52. The Hall–Kier alpha value is -3.35. The molecular weight excluding hydrogens is 338 g/mol. The summed E-state index contributed by atoms with van der Waals surface area (Å²) in [6, 6.07) is 11.7. The lowest BCUT2D eigenvalue weighted by Crippen LogP contribution is -2.22. The van der Waals surface area contributed by atoms with Crippen LogP contribution >= 0.6 is 0 Å². The summed E-state index contributed by atoms with van der Waals surface area (Å²) >= 11 is 0. The van der Waals surface area contributed by atoms with Crippen molar-refractivity contribution in [2.45, 2.75) is 13.3 Å². The van der Waals surface area contributed by atoms with E-state index in [0.29, 0.717) is 5.82 Å². The van der Waals surface area contributed by atoms with E-state index < -0.39 is 0 Å². The monoisotopic (exact) mass is 359 g/mol. The van der Waals surface area contributed by atoms with Gasteiger partial charge in [-0.15, -0.1) is 0 Å². The van der Waals surface area contributed by atoms with Crippen LogP contribution in [0.3, 0.4) is 0 Å². The zero-order valence-corrected chi connectivity index (χ0v) is 15.7. The van der Waals surface area contributed by atoms with E-state index in [1.165, 1.54) is 0 Å². The predicted molar refractivity (Wildman–Crippen MR) is 105 cm³/mol. The molecule has 4 aromatic heterocycles. The summed E-state index contributed by atoms with van der Waals surface area (Å²) in [5.41, 5.74) is 3.53. The zero-order valence-electron chi connectivity index (χ0n) is 15.7. The van der Waals surface area contributed by atoms with Crippen molar-refractivity contribution in [3.05, 3.63) is 60.2 Å². The molecule has 0 aromatic carbocycles. The van der Waals surface area contributed by atoms with Crippen LogP contribution in [0.1, 0.15) is 11.4 Å². The maximum atomic E-state index is 4.84. The van der Waals surface area contributed by atoms with Gasteiger partial charge in [0.15, 0.2) is 11.5 Å². The molecule has 0 aliphatic heterocycles. The fourth-order valence-corrected chi connectivity index (χ4v) is 3.14. The second-order valence-electron chi connectivity index (χ2n) is 6.49. The predicted octanol–water partition coefficient (Wildman–Crippen LogP) is 2.81. The molecule has 0 radical (unpaired) electrons. The highest BCUT2D eigenvalue weighted by Gasteiger charge is 2.19. The van der Waals surface area contributed by atoms with Gasteiger partial charge in [0.25, 0.3) is 0 Å². The number of fused-ring (bicyclic) bond motifs is 1. The summed E-state index contributed by atoms with van der Waals surface area (Å²) in [7, 11) is 3.95. The molecule has 0 spiro atoms. The molecule has 0 saturated heterocycles. The van der Waals surface area contributed by atoms with Crippen LogP contribution in [0.5, 0.6) is 0 Å². The van der Waals surface area contributed by atoms with E-state index in [0.717, 1.165) is 46.9 Å². The first kappa shape index (κ1) is 17.1. The smallest absolute Gasteiger partial charge is 0.182 e. The Morgan fingerprint density at radius 3 is 2.48 bits per heavy atom. The summed E-state index contributed by atoms with van der Waals surface area (Å²) in [6.45, 7) is 2.78. The summed E-state index contributed by atoms with van der Waals surface area (Å²) in [5.74, 6) is 1.47. The number of pyridine rings is 2. The quantitative estimate of drug-likeness (QED) is 0.546. The first-order valence-electron chi connectivity index (χ1n) is 8.87. The van der Waals surface area contributed by atoms with E-state index >= 15 is 0 Å². The molecule has 0 fully saturated rings. The molecule has 0 aliphatic rings. The fraction of sp³-hybridized carbons (Fsp3) is 0.250. The third kappa shape index (κ3) is 3.36.